The van der Waals surface area contributed by atoms with E-state index in [0.29, 0.717) is 0 Å². The first-order chi connectivity index (χ1) is 7.16. The Labute approximate surface area is 94.4 Å². The second-order valence-electron chi connectivity index (χ2n) is 2.90. The zero-order valence-corrected chi connectivity index (χ0v) is 10.8. The lowest BCUT2D eigenvalue weighted by Crippen LogP contribution is -1.93. The second kappa shape index (κ2) is 9.63. The van der Waals surface area contributed by atoms with Gasteiger partial charge in [0.25, 0.3) is 11.0 Å². The standard InChI is InChI=1S/C10H14Si.H2O3S/c1-2-8-11-9-10-6-4-3-5-7-10;1-4(2)3/h2-7H,1,8-9,11H2;4H,(H,1,2,3). The van der Waals surface area contributed by atoms with Crippen molar-refractivity contribution in [3.63, 3.8) is 0 Å². The summed E-state index contributed by atoms with van der Waals surface area (Å²) < 4.78 is 24.2. The fraction of sp³-hybridized carbons (Fsp3) is 0.200. The van der Waals surface area contributed by atoms with Gasteiger partial charge in [-0.1, -0.05) is 42.0 Å². The van der Waals surface area contributed by atoms with Gasteiger partial charge in [-0.25, -0.2) is 8.42 Å². The smallest absolute Gasteiger partial charge is 0.254 e. The van der Waals surface area contributed by atoms with Crippen LogP contribution in [0.4, 0.5) is 0 Å². The van der Waals surface area contributed by atoms with Crippen LogP contribution in [-0.4, -0.2) is 22.5 Å². The molecule has 0 radical (unpaired) electrons. The fourth-order valence-corrected chi connectivity index (χ4v) is 2.33. The van der Waals surface area contributed by atoms with E-state index < -0.39 is 11.0 Å². The zero-order valence-electron chi connectivity index (χ0n) is 8.50. The van der Waals surface area contributed by atoms with Gasteiger partial charge >= 0.3 is 0 Å². The lowest BCUT2D eigenvalue weighted by molar-refractivity contribution is 0.509. The summed E-state index contributed by atoms with van der Waals surface area (Å²) in [5.74, 6) is 0. The number of thiol groups is 1. The molecule has 1 aromatic carbocycles. The molecule has 0 heterocycles. The van der Waals surface area contributed by atoms with Crippen molar-refractivity contribution >= 4 is 20.5 Å². The molecule has 15 heavy (non-hydrogen) atoms. The van der Waals surface area contributed by atoms with Crippen LogP contribution < -0.4 is 0 Å². The highest BCUT2D eigenvalue weighted by Crippen LogP contribution is 1.99. The van der Waals surface area contributed by atoms with Crippen molar-refractivity contribution in [3.05, 3.63) is 48.6 Å². The molecule has 0 bridgehead atoms. The molecule has 0 saturated carbocycles. The molecule has 1 aromatic rings. The molecule has 0 atom stereocenters. The monoisotopic (exact) mass is 244 g/mol. The summed E-state index contributed by atoms with van der Waals surface area (Å²) >= 11 is 0. The molecule has 3 nitrogen and oxygen atoms in total. The first-order valence-corrected chi connectivity index (χ1v) is 7.78. The van der Waals surface area contributed by atoms with Crippen LogP contribution in [0.15, 0.2) is 43.0 Å². The lowest BCUT2D eigenvalue weighted by atomic mass is 10.2. The first kappa shape index (κ1) is 14.1. The predicted molar refractivity (Wildman–Crippen MR) is 66.6 cm³/mol. The van der Waals surface area contributed by atoms with Crippen LogP contribution in [0.3, 0.4) is 0 Å². The van der Waals surface area contributed by atoms with Gasteiger partial charge in [0.1, 0.15) is 0 Å². The van der Waals surface area contributed by atoms with Crippen molar-refractivity contribution in [1.29, 1.82) is 0 Å². The number of allylic oxidation sites excluding steroid dienone is 1. The summed E-state index contributed by atoms with van der Waals surface area (Å²) in [6.07, 6.45) is 2.04. The molecule has 84 valence electrons. The minimum absolute atomic E-state index is 0.0950. The second-order valence-corrected chi connectivity index (χ2v) is 5.16. The highest BCUT2D eigenvalue weighted by molar-refractivity contribution is 7.66. The fourth-order valence-electron chi connectivity index (χ4n) is 1.10. The van der Waals surface area contributed by atoms with Gasteiger partial charge in [-0.3, -0.25) is 4.55 Å². The average Bonchev–Trinajstić information content (AvgIpc) is 2.19. The van der Waals surface area contributed by atoms with Crippen molar-refractivity contribution in [2.75, 3.05) is 0 Å². The summed E-state index contributed by atoms with van der Waals surface area (Å²) in [5, 5.41) is 0. The Morgan fingerprint density at radius 2 is 1.87 bits per heavy atom. The van der Waals surface area contributed by atoms with Crippen molar-refractivity contribution in [3.8, 4) is 0 Å². The molecule has 0 unspecified atom stereocenters. The van der Waals surface area contributed by atoms with Gasteiger partial charge in [-0.2, -0.15) is 0 Å². The summed E-state index contributed by atoms with van der Waals surface area (Å²) in [6, 6.07) is 13.3. The van der Waals surface area contributed by atoms with Crippen molar-refractivity contribution in [2.24, 2.45) is 0 Å². The van der Waals surface area contributed by atoms with Crippen molar-refractivity contribution in [2.45, 2.75) is 12.1 Å². The van der Waals surface area contributed by atoms with Crippen LogP contribution in [0.2, 0.25) is 6.04 Å². The Kier molecular flexibility index (Phi) is 9.05. The Hall–Kier alpha value is -0.913. The number of hydrogen-bond acceptors (Lipinski definition) is 2. The van der Waals surface area contributed by atoms with E-state index >= 15 is 0 Å². The normalized spacial score (nSPS) is 10.0. The third-order valence-electron chi connectivity index (χ3n) is 1.72. The van der Waals surface area contributed by atoms with E-state index in [0.717, 1.165) is 0 Å². The summed E-state index contributed by atoms with van der Waals surface area (Å²) in [7, 11) is -3.03. The molecule has 0 aliphatic carbocycles. The van der Waals surface area contributed by atoms with E-state index in [9.17, 15) is 0 Å². The van der Waals surface area contributed by atoms with E-state index in [1.54, 1.807) is 0 Å². The quantitative estimate of drug-likeness (QED) is 0.273. The van der Waals surface area contributed by atoms with Crippen LogP contribution in [0.5, 0.6) is 0 Å². The van der Waals surface area contributed by atoms with Gasteiger partial charge in [0.15, 0.2) is 0 Å². The number of rotatable bonds is 4. The Balaban J connectivity index is 0.000000423. The van der Waals surface area contributed by atoms with Crippen LogP contribution in [0.25, 0.3) is 0 Å². The van der Waals surface area contributed by atoms with E-state index in [1.807, 2.05) is 6.08 Å². The molecule has 1 N–H and O–H groups in total. The van der Waals surface area contributed by atoms with Gasteiger partial charge in [0, 0.05) is 9.52 Å². The van der Waals surface area contributed by atoms with Gasteiger partial charge < -0.3 is 0 Å². The highest BCUT2D eigenvalue weighted by atomic mass is 32.2. The summed E-state index contributed by atoms with van der Waals surface area (Å²) in [6.45, 7) is 3.73. The maximum absolute atomic E-state index is 8.59. The van der Waals surface area contributed by atoms with Crippen LogP contribution in [0.1, 0.15) is 5.56 Å². The largest absolute Gasteiger partial charge is 0.288 e. The molecule has 5 heteroatoms. The van der Waals surface area contributed by atoms with Crippen molar-refractivity contribution < 1.29 is 13.0 Å². The van der Waals surface area contributed by atoms with Gasteiger partial charge in [0.2, 0.25) is 0 Å². The summed E-state index contributed by atoms with van der Waals surface area (Å²) in [5.41, 5.74) is 1.49. The predicted octanol–water partition coefficient (Wildman–Crippen LogP) is 1.03. The molecular weight excluding hydrogens is 228 g/mol. The zero-order chi connectivity index (χ0) is 11.5. The Morgan fingerprint density at radius 1 is 1.33 bits per heavy atom. The molecule has 1 rings (SSSR count). The minimum Gasteiger partial charge on any atom is -0.288 e. The lowest BCUT2D eigenvalue weighted by Gasteiger charge is -1.96. The highest BCUT2D eigenvalue weighted by Gasteiger charge is 1.89. The minimum atomic E-state index is -3.12. The molecule has 0 spiro atoms. The molecule has 0 aliphatic rings. The Morgan fingerprint density at radius 3 is 2.33 bits per heavy atom. The van der Waals surface area contributed by atoms with E-state index in [1.165, 1.54) is 17.7 Å². The number of benzene rings is 1. The molecule has 0 aliphatic heterocycles. The number of hydrogen-bond donors (Lipinski definition) is 2. The molecule has 0 saturated heterocycles. The third kappa shape index (κ3) is 11.0. The topological polar surface area (TPSA) is 54.4 Å². The van der Waals surface area contributed by atoms with E-state index in [2.05, 4.69) is 36.9 Å². The molecule has 0 aromatic heterocycles. The van der Waals surface area contributed by atoms with Crippen LogP contribution in [-0.2, 0) is 17.0 Å². The Bertz CT molecular complexity index is 328. The van der Waals surface area contributed by atoms with E-state index in [-0.39, 0.29) is 9.52 Å². The molecular formula is C10H16O3SSi. The van der Waals surface area contributed by atoms with Gasteiger partial charge in [-0.15, -0.1) is 6.58 Å². The van der Waals surface area contributed by atoms with Crippen LogP contribution in [0, 0.1) is 0 Å². The summed E-state index contributed by atoms with van der Waals surface area (Å²) in [4.78, 5) is 0. The first-order valence-electron chi connectivity index (χ1n) is 4.65. The maximum Gasteiger partial charge on any atom is 0.254 e. The average molecular weight is 244 g/mol. The van der Waals surface area contributed by atoms with Crippen molar-refractivity contribution in [1.82, 2.24) is 0 Å². The SMILES string of the molecule is C=CC[SiH2]Cc1ccccc1.O=[SH](=O)O. The molecule has 0 amide bonds. The van der Waals surface area contributed by atoms with Gasteiger partial charge in [-0.05, 0) is 12.1 Å². The van der Waals surface area contributed by atoms with E-state index in [4.69, 9.17) is 13.0 Å². The maximum atomic E-state index is 8.59. The van der Waals surface area contributed by atoms with Crippen LogP contribution >= 0.6 is 0 Å². The van der Waals surface area contributed by atoms with Gasteiger partial charge in [0.05, 0.1) is 0 Å². The third-order valence-corrected chi connectivity index (χ3v) is 3.46. The molecule has 0 fully saturated rings.